The summed E-state index contributed by atoms with van der Waals surface area (Å²) in [6.45, 7) is 6.82. The third-order valence-corrected chi connectivity index (χ3v) is 5.03. The van der Waals surface area contributed by atoms with Gasteiger partial charge in [0, 0.05) is 23.4 Å². The number of hydrogen-bond acceptors (Lipinski definition) is 3. The molecule has 112 valence electrons. The lowest BCUT2D eigenvalue weighted by atomic mass is 10.0. The minimum atomic E-state index is 0.412. The predicted octanol–water partition coefficient (Wildman–Crippen LogP) is 3.82. The highest BCUT2D eigenvalue weighted by molar-refractivity contribution is 7.99. The van der Waals surface area contributed by atoms with Crippen molar-refractivity contribution in [2.75, 3.05) is 37.7 Å². The fraction of sp³-hybridized carbons (Fsp3) is 0.625. The molecule has 0 spiro atoms. The summed E-state index contributed by atoms with van der Waals surface area (Å²) < 4.78 is 0. The van der Waals surface area contributed by atoms with Gasteiger partial charge in [-0.3, -0.25) is 0 Å². The number of nitrogens with zero attached hydrogens (tertiary/aromatic N) is 1. The van der Waals surface area contributed by atoms with Crippen LogP contribution in [0.2, 0.25) is 5.02 Å². The van der Waals surface area contributed by atoms with Crippen molar-refractivity contribution < 1.29 is 0 Å². The highest BCUT2D eigenvalue weighted by atomic mass is 35.5. The van der Waals surface area contributed by atoms with E-state index >= 15 is 0 Å². The van der Waals surface area contributed by atoms with Gasteiger partial charge in [0.1, 0.15) is 0 Å². The van der Waals surface area contributed by atoms with Crippen LogP contribution in [0.1, 0.15) is 31.4 Å². The zero-order chi connectivity index (χ0) is 14.2. The molecule has 0 saturated carbocycles. The van der Waals surface area contributed by atoms with E-state index in [0.29, 0.717) is 6.04 Å². The standard InChI is InChI=1S/C16H25ClN2S/c1-2-18-16(14-5-3-6-15(17)13-14)7-9-19-8-4-11-20-12-10-19/h3,5-6,13,16,18H,2,4,7-12H2,1H3. The topological polar surface area (TPSA) is 15.3 Å². The van der Waals surface area contributed by atoms with E-state index in [1.54, 1.807) is 0 Å². The number of benzene rings is 1. The van der Waals surface area contributed by atoms with Crippen LogP contribution < -0.4 is 5.32 Å². The Bertz CT molecular complexity index is 392. The predicted molar refractivity (Wildman–Crippen MR) is 90.9 cm³/mol. The van der Waals surface area contributed by atoms with E-state index in [2.05, 4.69) is 41.0 Å². The van der Waals surface area contributed by atoms with Gasteiger partial charge in [0.25, 0.3) is 0 Å². The summed E-state index contributed by atoms with van der Waals surface area (Å²) in [5.74, 6) is 2.60. The molecule has 2 nitrogen and oxygen atoms in total. The van der Waals surface area contributed by atoms with E-state index in [0.717, 1.165) is 18.0 Å². The number of nitrogens with one attached hydrogen (secondary N) is 1. The van der Waals surface area contributed by atoms with Crippen LogP contribution in [0.5, 0.6) is 0 Å². The molecule has 1 fully saturated rings. The van der Waals surface area contributed by atoms with Crippen molar-refractivity contribution in [3.05, 3.63) is 34.9 Å². The minimum Gasteiger partial charge on any atom is -0.310 e. The summed E-state index contributed by atoms with van der Waals surface area (Å²) in [6, 6.07) is 8.67. The third kappa shape index (κ3) is 5.28. The maximum atomic E-state index is 6.12. The van der Waals surface area contributed by atoms with E-state index in [9.17, 15) is 0 Å². The summed E-state index contributed by atoms with van der Waals surface area (Å²) in [6.07, 6.45) is 2.48. The normalized spacial score (nSPS) is 18.7. The fourth-order valence-electron chi connectivity index (χ4n) is 2.69. The van der Waals surface area contributed by atoms with Gasteiger partial charge in [-0.15, -0.1) is 0 Å². The Morgan fingerprint density at radius 3 is 3.05 bits per heavy atom. The summed E-state index contributed by atoms with van der Waals surface area (Å²) >= 11 is 8.21. The van der Waals surface area contributed by atoms with E-state index < -0.39 is 0 Å². The quantitative estimate of drug-likeness (QED) is 0.859. The first kappa shape index (κ1) is 16.2. The average molecular weight is 313 g/mol. The smallest absolute Gasteiger partial charge is 0.0409 e. The van der Waals surface area contributed by atoms with Crippen molar-refractivity contribution in [3.8, 4) is 0 Å². The maximum Gasteiger partial charge on any atom is 0.0409 e. The Balaban J connectivity index is 1.91. The molecular weight excluding hydrogens is 288 g/mol. The van der Waals surface area contributed by atoms with E-state index in [4.69, 9.17) is 11.6 Å². The minimum absolute atomic E-state index is 0.412. The molecule has 0 bridgehead atoms. The lowest BCUT2D eigenvalue weighted by molar-refractivity contribution is 0.275. The number of thioether (sulfide) groups is 1. The van der Waals surface area contributed by atoms with Crippen LogP contribution in [-0.4, -0.2) is 42.6 Å². The Labute approximate surface area is 132 Å². The maximum absolute atomic E-state index is 6.12. The second-order valence-corrected chi connectivity index (χ2v) is 6.92. The molecule has 1 aromatic carbocycles. The largest absolute Gasteiger partial charge is 0.310 e. The van der Waals surface area contributed by atoms with Gasteiger partial charge in [-0.2, -0.15) is 11.8 Å². The Kier molecular flexibility index (Phi) is 7.22. The zero-order valence-electron chi connectivity index (χ0n) is 12.3. The molecule has 0 aliphatic carbocycles. The average Bonchev–Trinajstić information content (AvgIpc) is 2.72. The molecule has 0 radical (unpaired) electrons. The van der Waals surface area contributed by atoms with Gasteiger partial charge in [-0.05, 0) is 55.9 Å². The van der Waals surface area contributed by atoms with Crippen molar-refractivity contribution in [1.29, 1.82) is 0 Å². The van der Waals surface area contributed by atoms with Gasteiger partial charge in [0.15, 0.2) is 0 Å². The number of rotatable bonds is 6. The molecule has 0 amide bonds. The van der Waals surface area contributed by atoms with Crippen LogP contribution in [0.3, 0.4) is 0 Å². The Hall–Kier alpha value is -0.220. The lowest BCUT2D eigenvalue weighted by Crippen LogP contribution is -2.31. The molecule has 20 heavy (non-hydrogen) atoms. The Morgan fingerprint density at radius 2 is 2.25 bits per heavy atom. The van der Waals surface area contributed by atoms with Crippen molar-refractivity contribution in [2.24, 2.45) is 0 Å². The van der Waals surface area contributed by atoms with Crippen LogP contribution in [-0.2, 0) is 0 Å². The second kappa shape index (κ2) is 8.93. The number of hydrogen-bond donors (Lipinski definition) is 1. The molecule has 1 aliphatic rings. The molecule has 0 aromatic heterocycles. The van der Waals surface area contributed by atoms with Crippen LogP contribution in [0.4, 0.5) is 0 Å². The fourth-order valence-corrected chi connectivity index (χ4v) is 3.81. The first-order valence-electron chi connectivity index (χ1n) is 7.58. The van der Waals surface area contributed by atoms with Crippen molar-refractivity contribution >= 4 is 23.4 Å². The van der Waals surface area contributed by atoms with Crippen LogP contribution in [0.15, 0.2) is 24.3 Å². The van der Waals surface area contributed by atoms with Gasteiger partial charge < -0.3 is 10.2 Å². The van der Waals surface area contributed by atoms with E-state index in [-0.39, 0.29) is 0 Å². The highest BCUT2D eigenvalue weighted by Gasteiger charge is 2.14. The highest BCUT2D eigenvalue weighted by Crippen LogP contribution is 2.21. The summed E-state index contributed by atoms with van der Waals surface area (Å²) in [5.41, 5.74) is 1.31. The zero-order valence-corrected chi connectivity index (χ0v) is 13.8. The second-order valence-electron chi connectivity index (χ2n) is 5.26. The lowest BCUT2D eigenvalue weighted by Gasteiger charge is -2.24. The van der Waals surface area contributed by atoms with Crippen molar-refractivity contribution in [3.63, 3.8) is 0 Å². The summed E-state index contributed by atoms with van der Waals surface area (Å²) in [5, 5.41) is 4.42. The van der Waals surface area contributed by atoms with Crippen LogP contribution in [0.25, 0.3) is 0 Å². The molecule has 1 aliphatic heterocycles. The Morgan fingerprint density at radius 1 is 1.35 bits per heavy atom. The molecule has 1 heterocycles. The van der Waals surface area contributed by atoms with Gasteiger partial charge >= 0.3 is 0 Å². The monoisotopic (exact) mass is 312 g/mol. The molecule has 2 rings (SSSR count). The van der Waals surface area contributed by atoms with Crippen LogP contribution in [0, 0.1) is 0 Å². The molecule has 1 N–H and O–H groups in total. The van der Waals surface area contributed by atoms with Gasteiger partial charge in [-0.25, -0.2) is 0 Å². The molecule has 4 heteroatoms. The van der Waals surface area contributed by atoms with Crippen LogP contribution >= 0.6 is 23.4 Å². The van der Waals surface area contributed by atoms with Gasteiger partial charge in [0.05, 0.1) is 0 Å². The van der Waals surface area contributed by atoms with E-state index in [1.165, 1.54) is 43.1 Å². The number of halogens is 1. The SMILES string of the molecule is CCNC(CCN1CCCSCC1)c1cccc(Cl)c1. The third-order valence-electron chi connectivity index (χ3n) is 3.75. The summed E-state index contributed by atoms with van der Waals surface area (Å²) in [7, 11) is 0. The first-order valence-corrected chi connectivity index (χ1v) is 9.12. The van der Waals surface area contributed by atoms with Crippen molar-refractivity contribution in [2.45, 2.75) is 25.8 Å². The molecule has 1 atom stereocenters. The summed E-state index contributed by atoms with van der Waals surface area (Å²) in [4.78, 5) is 2.61. The molecule has 1 saturated heterocycles. The molecular formula is C16H25ClN2S. The molecule has 1 aromatic rings. The van der Waals surface area contributed by atoms with Gasteiger partial charge in [-0.1, -0.05) is 30.7 Å². The van der Waals surface area contributed by atoms with E-state index in [1.807, 2.05) is 12.1 Å². The van der Waals surface area contributed by atoms with Gasteiger partial charge in [0.2, 0.25) is 0 Å². The molecule has 1 unspecified atom stereocenters. The van der Waals surface area contributed by atoms with Crippen molar-refractivity contribution in [1.82, 2.24) is 10.2 Å². The first-order chi connectivity index (χ1) is 9.79.